The third-order valence-electron chi connectivity index (χ3n) is 4.82. The fraction of sp³-hybridized carbons (Fsp3) is 0.350. The first kappa shape index (κ1) is 20.2. The minimum atomic E-state index is -3.57. The molecule has 2 aromatic carbocycles. The summed E-state index contributed by atoms with van der Waals surface area (Å²) in [4.78, 5) is 14.8. The van der Waals surface area contributed by atoms with Gasteiger partial charge in [-0.15, -0.1) is 0 Å². The van der Waals surface area contributed by atoms with Crippen LogP contribution in [0.5, 0.6) is 11.5 Å². The van der Waals surface area contributed by atoms with E-state index in [2.05, 4.69) is 0 Å². The molecule has 7 nitrogen and oxygen atoms in total. The van der Waals surface area contributed by atoms with Gasteiger partial charge in [-0.1, -0.05) is 23.8 Å². The predicted molar refractivity (Wildman–Crippen MR) is 105 cm³/mol. The van der Waals surface area contributed by atoms with E-state index < -0.39 is 10.0 Å². The van der Waals surface area contributed by atoms with Gasteiger partial charge < -0.3 is 14.4 Å². The van der Waals surface area contributed by atoms with Crippen molar-refractivity contribution in [1.29, 1.82) is 0 Å². The topological polar surface area (TPSA) is 76.2 Å². The Kier molecular flexibility index (Phi) is 5.90. The van der Waals surface area contributed by atoms with E-state index in [0.29, 0.717) is 30.2 Å². The summed E-state index contributed by atoms with van der Waals surface area (Å²) in [5.74, 6) is 0.654. The molecule has 0 N–H and O–H groups in total. The van der Waals surface area contributed by atoms with E-state index >= 15 is 0 Å². The molecular formula is C20H24N2O5S. The lowest BCUT2D eigenvalue weighted by molar-refractivity contribution is 0.0694. The SMILES string of the molecule is COc1cccc(C(=O)N2CCN(S(=O)(=O)c3ccc(C)cc3)CC2)c1OC. The lowest BCUT2D eigenvalue weighted by atomic mass is 10.1. The highest BCUT2D eigenvalue weighted by atomic mass is 32.2. The monoisotopic (exact) mass is 404 g/mol. The number of piperazine rings is 1. The van der Waals surface area contributed by atoms with Crippen molar-refractivity contribution in [2.24, 2.45) is 0 Å². The maximum atomic E-state index is 12.9. The zero-order valence-corrected chi connectivity index (χ0v) is 17.0. The van der Waals surface area contributed by atoms with Crippen molar-refractivity contribution in [2.75, 3.05) is 40.4 Å². The molecule has 0 saturated carbocycles. The molecule has 1 heterocycles. The van der Waals surface area contributed by atoms with Crippen LogP contribution in [0.25, 0.3) is 0 Å². The van der Waals surface area contributed by atoms with Gasteiger partial charge in [0.05, 0.1) is 24.7 Å². The van der Waals surface area contributed by atoms with Gasteiger partial charge >= 0.3 is 0 Å². The van der Waals surface area contributed by atoms with E-state index in [4.69, 9.17) is 9.47 Å². The molecule has 1 amide bonds. The first-order valence-corrected chi connectivity index (χ1v) is 10.4. The molecule has 0 atom stereocenters. The maximum Gasteiger partial charge on any atom is 0.257 e. The van der Waals surface area contributed by atoms with Gasteiger partial charge in [-0.3, -0.25) is 4.79 Å². The van der Waals surface area contributed by atoms with Crippen molar-refractivity contribution >= 4 is 15.9 Å². The average Bonchev–Trinajstić information content (AvgIpc) is 2.73. The van der Waals surface area contributed by atoms with Gasteiger partial charge in [0.15, 0.2) is 11.5 Å². The van der Waals surface area contributed by atoms with Crippen LogP contribution in [0.3, 0.4) is 0 Å². The fourth-order valence-electron chi connectivity index (χ4n) is 3.22. The molecule has 2 aromatic rings. The molecule has 1 saturated heterocycles. The normalized spacial score (nSPS) is 15.3. The number of carbonyl (C=O) groups is 1. The van der Waals surface area contributed by atoms with Gasteiger partial charge in [-0.25, -0.2) is 8.42 Å². The number of benzene rings is 2. The summed E-state index contributed by atoms with van der Waals surface area (Å²) >= 11 is 0. The van der Waals surface area contributed by atoms with Crippen LogP contribution < -0.4 is 9.47 Å². The molecule has 0 aliphatic carbocycles. The van der Waals surface area contributed by atoms with Crippen LogP contribution in [0.1, 0.15) is 15.9 Å². The molecule has 150 valence electrons. The predicted octanol–water partition coefficient (Wildman–Crippen LogP) is 2.16. The fourth-order valence-corrected chi connectivity index (χ4v) is 4.64. The quantitative estimate of drug-likeness (QED) is 0.763. The Hall–Kier alpha value is -2.58. The van der Waals surface area contributed by atoms with Crippen LogP contribution in [0.4, 0.5) is 0 Å². The number of amides is 1. The zero-order valence-electron chi connectivity index (χ0n) is 16.2. The van der Waals surface area contributed by atoms with E-state index in [1.807, 2.05) is 6.92 Å². The van der Waals surface area contributed by atoms with Crippen LogP contribution in [-0.2, 0) is 10.0 Å². The second kappa shape index (κ2) is 8.20. The summed E-state index contributed by atoms with van der Waals surface area (Å²) in [6.45, 7) is 3.02. The van der Waals surface area contributed by atoms with Crippen LogP contribution in [0.15, 0.2) is 47.4 Å². The molecule has 0 bridgehead atoms. The number of hydrogen-bond acceptors (Lipinski definition) is 5. The Bertz CT molecular complexity index is 949. The van der Waals surface area contributed by atoms with Crippen LogP contribution in [-0.4, -0.2) is 63.9 Å². The summed E-state index contributed by atoms with van der Waals surface area (Å²) in [7, 11) is -0.564. The molecule has 0 radical (unpaired) electrons. The number of nitrogens with zero attached hydrogens (tertiary/aromatic N) is 2. The average molecular weight is 404 g/mol. The number of para-hydroxylation sites is 1. The number of methoxy groups -OCH3 is 2. The summed E-state index contributed by atoms with van der Waals surface area (Å²) in [5, 5.41) is 0. The molecule has 1 aliphatic rings. The third kappa shape index (κ3) is 3.83. The molecule has 28 heavy (non-hydrogen) atoms. The number of sulfonamides is 1. The van der Waals surface area contributed by atoms with E-state index in [1.165, 1.54) is 18.5 Å². The first-order chi connectivity index (χ1) is 13.4. The van der Waals surface area contributed by atoms with Crippen molar-refractivity contribution in [1.82, 2.24) is 9.21 Å². The number of aryl methyl sites for hydroxylation is 1. The second-order valence-electron chi connectivity index (χ2n) is 6.55. The highest BCUT2D eigenvalue weighted by molar-refractivity contribution is 7.89. The van der Waals surface area contributed by atoms with Crippen molar-refractivity contribution < 1.29 is 22.7 Å². The molecule has 0 spiro atoms. The third-order valence-corrected chi connectivity index (χ3v) is 6.73. The minimum absolute atomic E-state index is 0.205. The highest BCUT2D eigenvalue weighted by Gasteiger charge is 2.31. The van der Waals surface area contributed by atoms with Gasteiger partial charge in [0.1, 0.15) is 0 Å². The maximum absolute atomic E-state index is 12.9. The Balaban J connectivity index is 1.74. The smallest absolute Gasteiger partial charge is 0.257 e. The van der Waals surface area contributed by atoms with Crippen molar-refractivity contribution in [2.45, 2.75) is 11.8 Å². The Morgan fingerprint density at radius 3 is 2.14 bits per heavy atom. The number of rotatable bonds is 5. The van der Waals surface area contributed by atoms with Gasteiger partial charge in [-0.05, 0) is 31.2 Å². The largest absolute Gasteiger partial charge is 0.493 e. The molecule has 3 rings (SSSR count). The summed E-state index contributed by atoms with van der Waals surface area (Å²) in [5.41, 5.74) is 1.40. The zero-order chi connectivity index (χ0) is 20.3. The minimum Gasteiger partial charge on any atom is -0.493 e. The Morgan fingerprint density at radius 2 is 1.57 bits per heavy atom. The molecule has 1 aliphatic heterocycles. The molecular weight excluding hydrogens is 380 g/mol. The van der Waals surface area contributed by atoms with Crippen LogP contribution >= 0.6 is 0 Å². The Morgan fingerprint density at radius 1 is 0.929 bits per heavy atom. The Labute approximate surface area is 165 Å². The molecule has 1 fully saturated rings. The van der Waals surface area contributed by atoms with E-state index in [0.717, 1.165) is 5.56 Å². The molecule has 0 aromatic heterocycles. The van der Waals surface area contributed by atoms with Crippen molar-refractivity contribution in [3.05, 3.63) is 53.6 Å². The molecule has 0 unspecified atom stereocenters. The first-order valence-electron chi connectivity index (χ1n) is 8.95. The van der Waals surface area contributed by atoms with E-state index in [-0.39, 0.29) is 23.9 Å². The highest BCUT2D eigenvalue weighted by Crippen LogP contribution is 2.31. The lowest BCUT2D eigenvalue weighted by Gasteiger charge is -2.34. The van der Waals surface area contributed by atoms with Gasteiger partial charge in [-0.2, -0.15) is 4.31 Å². The van der Waals surface area contributed by atoms with Gasteiger partial charge in [0.2, 0.25) is 10.0 Å². The van der Waals surface area contributed by atoms with Crippen LogP contribution in [0.2, 0.25) is 0 Å². The van der Waals surface area contributed by atoms with E-state index in [9.17, 15) is 13.2 Å². The number of hydrogen-bond donors (Lipinski definition) is 0. The number of ether oxygens (including phenoxy) is 2. The van der Waals surface area contributed by atoms with Gasteiger partial charge in [0.25, 0.3) is 5.91 Å². The van der Waals surface area contributed by atoms with Gasteiger partial charge in [0, 0.05) is 26.2 Å². The second-order valence-corrected chi connectivity index (χ2v) is 8.49. The summed E-state index contributed by atoms with van der Waals surface area (Å²) in [6, 6.07) is 11.9. The standard InChI is InChI=1S/C20H24N2O5S/c1-15-7-9-16(10-8-15)28(24,25)22-13-11-21(12-14-22)20(23)17-5-4-6-18(26-2)19(17)27-3/h4-10H,11-14H2,1-3H3. The summed E-state index contributed by atoms with van der Waals surface area (Å²) < 4.78 is 37.6. The van der Waals surface area contributed by atoms with E-state index in [1.54, 1.807) is 47.4 Å². The van der Waals surface area contributed by atoms with Crippen molar-refractivity contribution in [3.63, 3.8) is 0 Å². The van der Waals surface area contributed by atoms with Crippen molar-refractivity contribution in [3.8, 4) is 11.5 Å². The lowest BCUT2D eigenvalue weighted by Crippen LogP contribution is -2.50. The summed E-state index contributed by atoms with van der Waals surface area (Å²) in [6.07, 6.45) is 0. The molecule has 8 heteroatoms. The van der Waals surface area contributed by atoms with Crippen LogP contribution in [0, 0.1) is 6.92 Å². The number of carbonyl (C=O) groups excluding carboxylic acids is 1.